The van der Waals surface area contributed by atoms with Crippen LogP contribution in [0.3, 0.4) is 0 Å². The van der Waals surface area contributed by atoms with E-state index in [2.05, 4.69) is 15.9 Å². The second kappa shape index (κ2) is 7.14. The van der Waals surface area contributed by atoms with E-state index in [1.54, 1.807) is 7.05 Å². The molecule has 0 bridgehead atoms. The molecule has 0 aliphatic heterocycles. The van der Waals surface area contributed by atoms with Crippen LogP contribution in [0, 0.1) is 0 Å². The van der Waals surface area contributed by atoms with E-state index in [1.807, 2.05) is 19.0 Å². The molecule has 0 radical (unpaired) electrons. The maximum Gasteiger partial charge on any atom is 0.244 e. The van der Waals surface area contributed by atoms with Crippen molar-refractivity contribution < 1.29 is 13.5 Å². The van der Waals surface area contributed by atoms with Gasteiger partial charge in [-0.15, -0.1) is 11.3 Å². The normalized spacial score (nSPS) is 12.6. The molecule has 0 fully saturated rings. The van der Waals surface area contributed by atoms with Gasteiger partial charge in [0.25, 0.3) is 0 Å². The van der Waals surface area contributed by atoms with Crippen LogP contribution in [0.15, 0.2) is 14.7 Å². The fourth-order valence-electron chi connectivity index (χ4n) is 1.55. The van der Waals surface area contributed by atoms with E-state index in [1.165, 1.54) is 21.7 Å². The Balaban J connectivity index is 2.81. The van der Waals surface area contributed by atoms with Gasteiger partial charge in [-0.05, 0) is 49.1 Å². The van der Waals surface area contributed by atoms with E-state index in [-0.39, 0.29) is 11.5 Å². The second-order valence-corrected chi connectivity index (χ2v) is 8.96. The molecule has 0 saturated carbocycles. The minimum atomic E-state index is -3.49. The van der Waals surface area contributed by atoms with Crippen LogP contribution in [0.1, 0.15) is 11.3 Å². The molecule has 0 atom stereocenters. The number of aliphatic hydroxyl groups is 1. The van der Waals surface area contributed by atoms with Crippen molar-refractivity contribution in [2.45, 2.75) is 17.9 Å². The van der Waals surface area contributed by atoms with Crippen molar-refractivity contribution in [3.8, 4) is 0 Å². The van der Waals surface area contributed by atoms with Gasteiger partial charge >= 0.3 is 0 Å². The molecule has 0 unspecified atom stereocenters. The Morgan fingerprint density at radius 1 is 1.32 bits per heavy atom. The number of sulfonamides is 1. The fourth-order valence-corrected chi connectivity index (χ4v) is 5.25. The van der Waals surface area contributed by atoms with Crippen molar-refractivity contribution in [3.05, 3.63) is 14.7 Å². The van der Waals surface area contributed by atoms with Crippen molar-refractivity contribution in [2.24, 2.45) is 0 Å². The molecule has 1 N–H and O–H groups in total. The molecule has 5 nitrogen and oxygen atoms in total. The number of nitrogens with zero attached hydrogens (tertiary/aromatic N) is 2. The zero-order valence-corrected chi connectivity index (χ0v) is 14.5. The Morgan fingerprint density at radius 2 is 1.95 bits per heavy atom. The Morgan fingerprint density at radius 3 is 2.42 bits per heavy atom. The Bertz CT molecular complexity index is 514. The highest BCUT2D eigenvalue weighted by molar-refractivity contribution is 9.11. The number of aliphatic hydroxyl groups excluding tert-OH is 1. The van der Waals surface area contributed by atoms with E-state index in [9.17, 15) is 8.42 Å². The van der Waals surface area contributed by atoms with Gasteiger partial charge in [0.05, 0.1) is 10.4 Å². The van der Waals surface area contributed by atoms with E-state index in [0.717, 1.165) is 13.0 Å². The van der Waals surface area contributed by atoms with Crippen LogP contribution >= 0.6 is 27.3 Å². The van der Waals surface area contributed by atoms with Crippen LogP contribution in [0.25, 0.3) is 0 Å². The topological polar surface area (TPSA) is 60.9 Å². The maximum absolute atomic E-state index is 12.4. The molecule has 0 aliphatic rings. The van der Waals surface area contributed by atoms with Crippen LogP contribution in [0.4, 0.5) is 0 Å². The summed E-state index contributed by atoms with van der Waals surface area (Å²) in [6.07, 6.45) is 0.775. The average Bonchev–Trinajstić information content (AvgIpc) is 2.70. The van der Waals surface area contributed by atoms with Gasteiger partial charge in [-0.25, -0.2) is 12.7 Å². The van der Waals surface area contributed by atoms with Gasteiger partial charge in [0.15, 0.2) is 0 Å². The summed E-state index contributed by atoms with van der Waals surface area (Å²) < 4.78 is 26.6. The summed E-state index contributed by atoms with van der Waals surface area (Å²) in [6, 6.07) is 1.52. The minimum Gasteiger partial charge on any atom is -0.391 e. The molecule has 110 valence electrons. The standard InChI is InChI=1S/C11H19BrN2O3S2/c1-13(2)5-4-6-14(3)19(16,17)10-7-9(8-15)18-11(10)12/h7,15H,4-6,8H2,1-3H3. The SMILES string of the molecule is CN(C)CCCN(C)S(=O)(=O)c1cc(CO)sc1Br. The number of halogens is 1. The molecular formula is C11H19BrN2O3S2. The van der Waals surface area contributed by atoms with E-state index >= 15 is 0 Å². The molecule has 0 amide bonds. The molecular weight excluding hydrogens is 352 g/mol. The lowest BCUT2D eigenvalue weighted by molar-refractivity contribution is 0.285. The van der Waals surface area contributed by atoms with Gasteiger partial charge in [0.1, 0.15) is 4.90 Å². The van der Waals surface area contributed by atoms with Crippen molar-refractivity contribution in [1.82, 2.24) is 9.21 Å². The van der Waals surface area contributed by atoms with Crippen LogP contribution in [0.5, 0.6) is 0 Å². The molecule has 0 aromatic carbocycles. The highest BCUT2D eigenvalue weighted by Gasteiger charge is 2.25. The van der Waals surface area contributed by atoms with Gasteiger partial charge in [0, 0.05) is 18.5 Å². The molecule has 0 aliphatic carbocycles. The quantitative estimate of drug-likeness (QED) is 0.791. The highest BCUT2D eigenvalue weighted by Crippen LogP contribution is 2.33. The van der Waals surface area contributed by atoms with Gasteiger partial charge in [0.2, 0.25) is 10.0 Å². The zero-order valence-electron chi connectivity index (χ0n) is 11.3. The first-order chi connectivity index (χ1) is 8.78. The molecule has 19 heavy (non-hydrogen) atoms. The van der Waals surface area contributed by atoms with Crippen molar-refractivity contribution in [2.75, 3.05) is 34.2 Å². The number of thiophene rings is 1. The first-order valence-electron chi connectivity index (χ1n) is 5.79. The van der Waals surface area contributed by atoms with Gasteiger partial charge in [-0.1, -0.05) is 0 Å². The van der Waals surface area contributed by atoms with Crippen LogP contribution in [0.2, 0.25) is 0 Å². The van der Waals surface area contributed by atoms with E-state index < -0.39 is 10.0 Å². The summed E-state index contributed by atoms with van der Waals surface area (Å²) >= 11 is 4.49. The van der Waals surface area contributed by atoms with E-state index in [4.69, 9.17) is 5.11 Å². The van der Waals surface area contributed by atoms with Crippen LogP contribution in [-0.2, 0) is 16.6 Å². The second-order valence-electron chi connectivity index (χ2n) is 4.49. The third-order valence-corrected chi connectivity index (χ3v) is 6.72. The Kier molecular flexibility index (Phi) is 6.41. The Hall–Kier alpha value is 0.01000. The van der Waals surface area contributed by atoms with Gasteiger partial charge < -0.3 is 10.0 Å². The molecule has 8 heteroatoms. The number of hydrogen-bond acceptors (Lipinski definition) is 5. The predicted octanol–water partition coefficient (Wildman–Crippen LogP) is 1.58. The summed E-state index contributed by atoms with van der Waals surface area (Å²) in [6.45, 7) is 1.16. The van der Waals surface area contributed by atoms with Crippen molar-refractivity contribution >= 4 is 37.3 Å². The Labute approximate surface area is 127 Å². The lowest BCUT2D eigenvalue weighted by Gasteiger charge is -2.18. The molecule has 1 aromatic rings. The largest absolute Gasteiger partial charge is 0.391 e. The monoisotopic (exact) mass is 370 g/mol. The predicted molar refractivity (Wildman–Crippen MR) is 80.9 cm³/mol. The third-order valence-electron chi connectivity index (χ3n) is 2.63. The lowest BCUT2D eigenvalue weighted by Crippen LogP contribution is -2.29. The van der Waals surface area contributed by atoms with Crippen molar-refractivity contribution in [1.29, 1.82) is 0 Å². The molecule has 1 aromatic heterocycles. The van der Waals surface area contributed by atoms with Crippen LogP contribution in [-0.4, -0.2) is 57.0 Å². The minimum absolute atomic E-state index is 0.150. The maximum atomic E-state index is 12.4. The zero-order chi connectivity index (χ0) is 14.6. The summed E-state index contributed by atoms with van der Waals surface area (Å²) in [4.78, 5) is 2.88. The summed E-state index contributed by atoms with van der Waals surface area (Å²) in [5.74, 6) is 0. The lowest BCUT2D eigenvalue weighted by atomic mass is 10.4. The summed E-state index contributed by atoms with van der Waals surface area (Å²) in [5, 5.41) is 9.06. The average molecular weight is 371 g/mol. The van der Waals surface area contributed by atoms with Gasteiger partial charge in [-0.3, -0.25) is 0 Å². The van der Waals surface area contributed by atoms with Crippen molar-refractivity contribution in [3.63, 3.8) is 0 Å². The highest BCUT2D eigenvalue weighted by atomic mass is 79.9. The molecule has 1 rings (SSSR count). The number of hydrogen-bond donors (Lipinski definition) is 1. The fraction of sp³-hybridized carbons (Fsp3) is 0.636. The number of rotatable bonds is 7. The van der Waals surface area contributed by atoms with Crippen LogP contribution < -0.4 is 0 Å². The molecule has 0 saturated heterocycles. The summed E-state index contributed by atoms with van der Waals surface area (Å²) in [5.41, 5.74) is 0. The smallest absolute Gasteiger partial charge is 0.244 e. The van der Waals surface area contributed by atoms with Gasteiger partial charge in [-0.2, -0.15) is 0 Å². The molecule has 0 spiro atoms. The third kappa shape index (κ3) is 4.51. The molecule has 1 heterocycles. The summed E-state index contributed by atoms with van der Waals surface area (Å²) in [7, 11) is 2.00. The first kappa shape index (κ1) is 17.1. The van der Waals surface area contributed by atoms with E-state index in [0.29, 0.717) is 15.2 Å². The first-order valence-corrected chi connectivity index (χ1v) is 8.84.